The number of thioether (sulfide) groups is 1. The molecule has 1 rings (SSSR count). The minimum Gasteiger partial charge on any atom is -0.359 e. The zero-order valence-corrected chi connectivity index (χ0v) is 10.0. The van der Waals surface area contributed by atoms with Crippen molar-refractivity contribution < 1.29 is 0 Å². The van der Waals surface area contributed by atoms with E-state index in [0.717, 1.165) is 17.5 Å². The number of hydrogen-bond donors (Lipinski definition) is 1. The highest BCUT2D eigenvalue weighted by Gasteiger charge is 2.22. The number of nitrogens with zero attached hydrogens (tertiary/aromatic N) is 2. The second-order valence-corrected chi connectivity index (χ2v) is 4.23. The van der Waals surface area contributed by atoms with Crippen molar-refractivity contribution in [2.45, 2.75) is 0 Å². The molecular weight excluding hydrogens is 226 g/mol. The Morgan fingerprint density at radius 2 is 2.67 bits per heavy atom. The Morgan fingerprint density at radius 1 is 1.87 bits per heavy atom. The van der Waals surface area contributed by atoms with Gasteiger partial charge in [-0.2, -0.15) is 0 Å². The maximum atomic E-state index is 5.23. The fourth-order valence-corrected chi connectivity index (χ4v) is 2.36. The normalized spacial score (nSPS) is 17.5. The van der Waals surface area contributed by atoms with Gasteiger partial charge in [0.15, 0.2) is 10.3 Å². The molecule has 15 heavy (non-hydrogen) atoms. The summed E-state index contributed by atoms with van der Waals surface area (Å²) in [6, 6.07) is 0. The van der Waals surface area contributed by atoms with Gasteiger partial charge in [0.25, 0.3) is 0 Å². The summed E-state index contributed by atoms with van der Waals surface area (Å²) < 4.78 is 0. The van der Waals surface area contributed by atoms with Gasteiger partial charge in [0, 0.05) is 18.8 Å². The van der Waals surface area contributed by atoms with Crippen LogP contribution in [-0.4, -0.2) is 40.6 Å². The average molecular weight is 239 g/mol. The molecule has 1 aliphatic rings. The summed E-state index contributed by atoms with van der Waals surface area (Å²) in [4.78, 5) is 6.24. The third kappa shape index (κ3) is 3.57. The molecule has 1 aliphatic heterocycles. The fourth-order valence-electron chi connectivity index (χ4n) is 1.09. The van der Waals surface area contributed by atoms with Gasteiger partial charge in [0.2, 0.25) is 0 Å². The maximum absolute atomic E-state index is 5.23. The highest BCUT2D eigenvalue weighted by molar-refractivity contribution is 8.14. The van der Waals surface area contributed by atoms with E-state index in [1.165, 1.54) is 0 Å². The number of amidine groups is 1. The molecule has 0 atom stereocenters. The first-order valence-electron chi connectivity index (χ1n) is 4.56. The van der Waals surface area contributed by atoms with E-state index in [9.17, 15) is 0 Å². The molecule has 0 unspecified atom stereocenters. The summed E-state index contributed by atoms with van der Waals surface area (Å²) >= 11 is 6.91. The zero-order valence-electron chi connectivity index (χ0n) is 8.40. The lowest BCUT2D eigenvalue weighted by molar-refractivity contribution is 0.657. The van der Waals surface area contributed by atoms with E-state index in [0.29, 0.717) is 18.2 Å². The van der Waals surface area contributed by atoms with Crippen LogP contribution in [0.3, 0.4) is 0 Å². The summed E-state index contributed by atoms with van der Waals surface area (Å²) in [7, 11) is 0. The van der Waals surface area contributed by atoms with E-state index < -0.39 is 0 Å². The highest BCUT2D eigenvalue weighted by atomic mass is 32.2. The molecule has 5 heteroatoms. The topological polar surface area (TPSA) is 27.6 Å². The van der Waals surface area contributed by atoms with Crippen LogP contribution in [0.4, 0.5) is 0 Å². The number of terminal acetylenes is 1. The first-order chi connectivity index (χ1) is 7.29. The standard InChI is InChI=1S/C10H13N3S2/c1-3-5-11-9(14)13-7-8-15-10(13)12-6-4-2/h2-3H,1,5-8H2,(H,11,14). The third-order valence-electron chi connectivity index (χ3n) is 1.73. The first-order valence-corrected chi connectivity index (χ1v) is 5.96. The van der Waals surface area contributed by atoms with Crippen molar-refractivity contribution in [1.29, 1.82) is 0 Å². The molecule has 3 nitrogen and oxygen atoms in total. The SMILES string of the molecule is C#CCN=C1SCCN1C(=S)NCC=C. The van der Waals surface area contributed by atoms with Gasteiger partial charge in [0.1, 0.15) is 6.54 Å². The molecule has 0 aliphatic carbocycles. The van der Waals surface area contributed by atoms with Crippen LogP contribution in [0.15, 0.2) is 17.6 Å². The van der Waals surface area contributed by atoms with Crippen LogP contribution in [0.5, 0.6) is 0 Å². The molecule has 1 fully saturated rings. The van der Waals surface area contributed by atoms with E-state index in [1.807, 2.05) is 4.90 Å². The molecule has 0 aromatic carbocycles. The van der Waals surface area contributed by atoms with Gasteiger partial charge < -0.3 is 5.32 Å². The summed E-state index contributed by atoms with van der Waals surface area (Å²) in [6.07, 6.45) is 6.93. The highest BCUT2D eigenvalue weighted by Crippen LogP contribution is 2.17. The second kappa shape index (κ2) is 6.49. The number of nitrogens with one attached hydrogen (secondary N) is 1. The van der Waals surface area contributed by atoms with Crippen molar-refractivity contribution in [2.24, 2.45) is 4.99 Å². The Balaban J connectivity index is 2.56. The third-order valence-corrected chi connectivity index (χ3v) is 3.08. The molecular formula is C10H13N3S2. The molecule has 1 N–H and O–H groups in total. The molecule has 0 bridgehead atoms. The number of rotatable bonds is 3. The quantitative estimate of drug-likeness (QED) is 0.453. The Bertz CT molecular complexity index is 317. The number of hydrogen-bond acceptors (Lipinski definition) is 3. The van der Waals surface area contributed by atoms with Crippen LogP contribution in [-0.2, 0) is 0 Å². The molecule has 1 heterocycles. The largest absolute Gasteiger partial charge is 0.359 e. The average Bonchev–Trinajstić information content (AvgIpc) is 2.71. The molecule has 0 amide bonds. The molecule has 0 radical (unpaired) electrons. The monoisotopic (exact) mass is 239 g/mol. The summed E-state index contributed by atoms with van der Waals surface area (Å²) in [5.41, 5.74) is 0. The van der Waals surface area contributed by atoms with Crippen molar-refractivity contribution in [3.05, 3.63) is 12.7 Å². The minimum atomic E-state index is 0.406. The van der Waals surface area contributed by atoms with Gasteiger partial charge in [-0.1, -0.05) is 23.8 Å². The van der Waals surface area contributed by atoms with Crippen LogP contribution >= 0.6 is 24.0 Å². The van der Waals surface area contributed by atoms with E-state index in [-0.39, 0.29) is 0 Å². The van der Waals surface area contributed by atoms with Gasteiger partial charge in [-0.3, -0.25) is 4.90 Å². The fraction of sp³-hybridized carbons (Fsp3) is 0.400. The van der Waals surface area contributed by atoms with Gasteiger partial charge in [-0.15, -0.1) is 13.0 Å². The summed E-state index contributed by atoms with van der Waals surface area (Å²) in [6.45, 7) is 5.59. The minimum absolute atomic E-state index is 0.406. The number of thiocarbonyl (C=S) groups is 1. The lowest BCUT2D eigenvalue weighted by Gasteiger charge is -2.18. The van der Waals surface area contributed by atoms with Crippen molar-refractivity contribution in [3.63, 3.8) is 0 Å². The first kappa shape index (κ1) is 12.1. The van der Waals surface area contributed by atoms with Crippen LogP contribution in [0.2, 0.25) is 0 Å². The summed E-state index contributed by atoms with van der Waals surface area (Å²) in [5.74, 6) is 3.49. The Kier molecular flexibility index (Phi) is 5.22. The maximum Gasteiger partial charge on any atom is 0.175 e. The van der Waals surface area contributed by atoms with Gasteiger partial charge >= 0.3 is 0 Å². The van der Waals surface area contributed by atoms with Crippen molar-refractivity contribution in [2.75, 3.05) is 25.4 Å². The van der Waals surface area contributed by atoms with Gasteiger partial charge in [-0.25, -0.2) is 4.99 Å². The Hall–Kier alpha value is -0.990. The predicted molar refractivity (Wildman–Crippen MR) is 71.1 cm³/mol. The van der Waals surface area contributed by atoms with E-state index in [1.54, 1.807) is 17.8 Å². The van der Waals surface area contributed by atoms with Gasteiger partial charge in [-0.05, 0) is 12.2 Å². The molecule has 1 saturated heterocycles. The lowest BCUT2D eigenvalue weighted by atomic mass is 10.6. The molecule has 0 aromatic rings. The molecule has 0 aromatic heterocycles. The van der Waals surface area contributed by atoms with Crippen LogP contribution in [0.1, 0.15) is 0 Å². The number of aliphatic imine (C=N–C) groups is 1. The summed E-state index contributed by atoms with van der Waals surface area (Å²) in [5, 5.41) is 4.68. The van der Waals surface area contributed by atoms with Crippen molar-refractivity contribution in [1.82, 2.24) is 10.2 Å². The van der Waals surface area contributed by atoms with Crippen molar-refractivity contribution in [3.8, 4) is 12.3 Å². The van der Waals surface area contributed by atoms with Crippen molar-refractivity contribution >= 4 is 34.3 Å². The second-order valence-electron chi connectivity index (χ2n) is 2.78. The smallest absolute Gasteiger partial charge is 0.175 e. The predicted octanol–water partition coefficient (Wildman–Crippen LogP) is 1.08. The van der Waals surface area contributed by atoms with E-state index >= 15 is 0 Å². The van der Waals surface area contributed by atoms with Crippen LogP contribution < -0.4 is 5.32 Å². The Morgan fingerprint density at radius 3 is 3.33 bits per heavy atom. The van der Waals surface area contributed by atoms with Crippen LogP contribution in [0.25, 0.3) is 0 Å². The zero-order chi connectivity index (χ0) is 11.1. The van der Waals surface area contributed by atoms with Gasteiger partial charge in [0.05, 0.1) is 0 Å². The van der Waals surface area contributed by atoms with E-state index in [4.69, 9.17) is 18.6 Å². The van der Waals surface area contributed by atoms with Crippen LogP contribution in [0, 0.1) is 12.3 Å². The lowest BCUT2D eigenvalue weighted by Crippen LogP contribution is -2.40. The molecule has 0 saturated carbocycles. The van der Waals surface area contributed by atoms with E-state index in [2.05, 4.69) is 22.8 Å². The molecule has 0 spiro atoms. The molecule has 80 valence electrons. The Labute approximate surface area is 100 Å².